The number of para-hydroxylation sites is 1. The number of nitriles is 1. The summed E-state index contributed by atoms with van der Waals surface area (Å²) < 4.78 is 45.5. The van der Waals surface area contributed by atoms with E-state index in [4.69, 9.17) is 4.74 Å². The Hall–Kier alpha value is -3.69. The third-order valence-corrected chi connectivity index (χ3v) is 5.48. The average Bonchev–Trinajstić information content (AvgIpc) is 2.79. The van der Waals surface area contributed by atoms with Crippen molar-refractivity contribution < 1.29 is 27.6 Å². The third kappa shape index (κ3) is 6.46. The molecular weight excluding hydrogens is 599 g/mol. The number of amides is 1. The van der Waals surface area contributed by atoms with E-state index in [1.54, 1.807) is 36.4 Å². The zero-order chi connectivity index (χ0) is 25.8. The number of hydrogen-bond donors (Lipinski definition) is 1. The molecule has 0 aliphatic heterocycles. The van der Waals surface area contributed by atoms with Crippen molar-refractivity contribution in [3.63, 3.8) is 0 Å². The fourth-order valence-corrected chi connectivity index (χ4v) is 4.19. The normalized spacial score (nSPS) is 11.5. The van der Waals surface area contributed by atoms with E-state index in [1.807, 2.05) is 0 Å². The summed E-state index contributed by atoms with van der Waals surface area (Å²) in [7, 11) is 0. The van der Waals surface area contributed by atoms with E-state index >= 15 is 0 Å². The van der Waals surface area contributed by atoms with Crippen molar-refractivity contribution in [2.24, 2.45) is 0 Å². The Kier molecular flexibility index (Phi) is 7.93. The molecule has 0 bridgehead atoms. The summed E-state index contributed by atoms with van der Waals surface area (Å²) in [5.41, 5.74) is -1.83. The van der Waals surface area contributed by atoms with Gasteiger partial charge in [0.2, 0.25) is 5.75 Å². The van der Waals surface area contributed by atoms with Crippen LogP contribution in [0.4, 0.5) is 24.5 Å². The Morgan fingerprint density at radius 3 is 2.40 bits per heavy atom. The van der Waals surface area contributed by atoms with Crippen molar-refractivity contribution in [2.45, 2.75) is 6.18 Å². The summed E-state index contributed by atoms with van der Waals surface area (Å²) in [6, 6.07) is 15.0. The number of benzene rings is 3. The second-order valence-electron chi connectivity index (χ2n) is 6.84. The molecule has 0 atom stereocenters. The summed E-state index contributed by atoms with van der Waals surface area (Å²) >= 11 is 6.52. The van der Waals surface area contributed by atoms with Gasteiger partial charge in [0, 0.05) is 21.8 Å². The number of rotatable bonds is 6. The second kappa shape index (κ2) is 10.7. The van der Waals surface area contributed by atoms with Crippen LogP contribution in [0.15, 0.2) is 75.2 Å². The molecule has 0 unspecified atom stereocenters. The van der Waals surface area contributed by atoms with Crippen molar-refractivity contribution in [2.75, 3.05) is 5.32 Å². The highest BCUT2D eigenvalue weighted by Gasteiger charge is 2.33. The van der Waals surface area contributed by atoms with Gasteiger partial charge >= 0.3 is 11.9 Å². The van der Waals surface area contributed by atoms with Gasteiger partial charge < -0.3 is 10.1 Å². The minimum Gasteiger partial charge on any atom is -0.448 e. The van der Waals surface area contributed by atoms with Gasteiger partial charge in [-0.15, -0.1) is 0 Å². The number of anilines is 1. The molecular formula is C23H12Br2F3N3O4. The topological polar surface area (TPSA) is 105 Å². The number of nitro groups is 1. The minimum atomic E-state index is -4.79. The lowest BCUT2D eigenvalue weighted by Crippen LogP contribution is -2.13. The van der Waals surface area contributed by atoms with Crippen LogP contribution in [0.25, 0.3) is 6.08 Å². The Labute approximate surface area is 213 Å². The van der Waals surface area contributed by atoms with Gasteiger partial charge in [-0.05, 0) is 58.4 Å². The molecule has 0 aromatic heterocycles. The molecule has 0 saturated heterocycles. The molecule has 0 aliphatic rings. The van der Waals surface area contributed by atoms with Gasteiger partial charge in [0.25, 0.3) is 5.91 Å². The molecule has 35 heavy (non-hydrogen) atoms. The smallest absolute Gasteiger partial charge is 0.416 e. The van der Waals surface area contributed by atoms with E-state index in [0.29, 0.717) is 22.3 Å². The minimum absolute atomic E-state index is 0.0590. The zero-order valence-electron chi connectivity index (χ0n) is 17.3. The molecule has 0 saturated carbocycles. The van der Waals surface area contributed by atoms with Gasteiger partial charge in [0.1, 0.15) is 17.4 Å². The van der Waals surface area contributed by atoms with E-state index in [9.17, 15) is 33.3 Å². The zero-order valence-corrected chi connectivity index (χ0v) is 20.4. The largest absolute Gasteiger partial charge is 0.448 e. The number of nitro benzene ring substituents is 1. The predicted molar refractivity (Wildman–Crippen MR) is 129 cm³/mol. The number of halogens is 5. The molecule has 178 valence electrons. The Balaban J connectivity index is 2.05. The number of nitrogens with zero attached hydrogens (tertiary/aromatic N) is 2. The molecule has 0 fully saturated rings. The lowest BCUT2D eigenvalue weighted by Gasteiger charge is -2.14. The van der Waals surface area contributed by atoms with Crippen molar-refractivity contribution >= 4 is 55.2 Å². The maximum Gasteiger partial charge on any atom is 0.416 e. The molecule has 1 N–H and O–H groups in total. The van der Waals surface area contributed by atoms with Crippen LogP contribution in [0.1, 0.15) is 11.1 Å². The second-order valence-corrected chi connectivity index (χ2v) is 8.61. The van der Waals surface area contributed by atoms with Crippen molar-refractivity contribution in [3.05, 3.63) is 96.4 Å². The van der Waals surface area contributed by atoms with Gasteiger partial charge in [-0.2, -0.15) is 18.4 Å². The van der Waals surface area contributed by atoms with Gasteiger partial charge in [-0.1, -0.05) is 34.1 Å². The van der Waals surface area contributed by atoms with Crippen LogP contribution in [0.5, 0.6) is 11.5 Å². The first-order valence-electron chi connectivity index (χ1n) is 9.50. The van der Waals surface area contributed by atoms with Gasteiger partial charge in [-0.25, -0.2) is 0 Å². The van der Waals surface area contributed by atoms with E-state index in [1.165, 1.54) is 18.2 Å². The maximum atomic E-state index is 13.0. The molecule has 12 heteroatoms. The SMILES string of the molecule is N#C/C(=C\c1cc(Br)cc(Br)c1Oc1ccc(C(F)(F)F)cc1[N+](=O)[O-])C(=O)Nc1ccccc1. The highest BCUT2D eigenvalue weighted by Crippen LogP contribution is 2.42. The first kappa shape index (κ1) is 25.9. The molecule has 0 spiro atoms. The van der Waals surface area contributed by atoms with Gasteiger partial charge in [0.15, 0.2) is 0 Å². The lowest BCUT2D eigenvalue weighted by atomic mass is 10.1. The Bertz CT molecular complexity index is 1370. The maximum absolute atomic E-state index is 13.0. The van der Waals surface area contributed by atoms with Crippen molar-refractivity contribution in [1.82, 2.24) is 0 Å². The molecule has 1 amide bonds. The van der Waals surface area contributed by atoms with E-state index in [-0.39, 0.29) is 21.4 Å². The van der Waals surface area contributed by atoms with Crippen molar-refractivity contribution in [3.8, 4) is 17.6 Å². The first-order chi connectivity index (χ1) is 16.5. The summed E-state index contributed by atoms with van der Waals surface area (Å²) in [6.45, 7) is 0. The van der Waals surface area contributed by atoms with Crippen LogP contribution in [0.2, 0.25) is 0 Å². The highest BCUT2D eigenvalue weighted by molar-refractivity contribution is 9.11. The quantitative estimate of drug-likeness (QED) is 0.135. The number of carbonyl (C=O) groups excluding carboxylic acids is 1. The van der Waals surface area contributed by atoms with Crippen molar-refractivity contribution in [1.29, 1.82) is 5.26 Å². The Morgan fingerprint density at radius 1 is 1.11 bits per heavy atom. The molecule has 0 radical (unpaired) electrons. The van der Waals surface area contributed by atoms with Crippen LogP contribution >= 0.6 is 31.9 Å². The van der Waals surface area contributed by atoms with Crippen LogP contribution in [-0.2, 0) is 11.0 Å². The number of carbonyl (C=O) groups is 1. The summed E-state index contributed by atoms with van der Waals surface area (Å²) in [4.78, 5) is 23.0. The fraction of sp³-hybridized carbons (Fsp3) is 0.0435. The van der Waals surface area contributed by atoms with Gasteiger partial charge in [0.05, 0.1) is 15.0 Å². The molecule has 3 aromatic carbocycles. The average molecular weight is 611 g/mol. The molecule has 3 rings (SSSR count). The number of hydrogen-bond acceptors (Lipinski definition) is 5. The van der Waals surface area contributed by atoms with E-state index in [2.05, 4.69) is 37.2 Å². The van der Waals surface area contributed by atoms with Crippen LogP contribution in [-0.4, -0.2) is 10.8 Å². The van der Waals surface area contributed by atoms with Crippen LogP contribution in [0.3, 0.4) is 0 Å². The third-order valence-electron chi connectivity index (χ3n) is 4.43. The standard InChI is InChI=1S/C23H12Br2F3N3O4/c24-16-9-13(8-14(12-29)22(32)30-17-4-2-1-3-5-17)21(18(25)11-16)35-20-7-6-15(23(26,27)28)10-19(20)31(33)34/h1-11H,(H,30,32)/b14-8+. The lowest BCUT2D eigenvalue weighted by molar-refractivity contribution is -0.385. The monoisotopic (exact) mass is 609 g/mol. The molecule has 7 nitrogen and oxygen atoms in total. The van der Waals surface area contributed by atoms with Gasteiger partial charge in [-0.3, -0.25) is 14.9 Å². The van der Waals surface area contributed by atoms with E-state index < -0.39 is 34.0 Å². The van der Waals surface area contributed by atoms with E-state index in [0.717, 1.165) is 6.07 Å². The molecule has 0 aliphatic carbocycles. The summed E-state index contributed by atoms with van der Waals surface area (Å²) in [5.74, 6) is -1.24. The molecule has 3 aromatic rings. The predicted octanol–water partition coefficient (Wildman–Crippen LogP) is 7.48. The summed E-state index contributed by atoms with van der Waals surface area (Å²) in [6.07, 6.45) is -3.60. The van der Waals surface area contributed by atoms with Crippen LogP contribution < -0.4 is 10.1 Å². The van der Waals surface area contributed by atoms with Crippen LogP contribution in [0, 0.1) is 21.4 Å². The Morgan fingerprint density at radius 2 is 1.80 bits per heavy atom. The number of nitrogens with one attached hydrogen (secondary N) is 1. The fourth-order valence-electron chi connectivity index (χ4n) is 2.85. The number of ether oxygens (including phenoxy) is 1. The summed E-state index contributed by atoms with van der Waals surface area (Å²) in [5, 5.41) is 23.5. The number of alkyl halides is 3. The highest BCUT2D eigenvalue weighted by atomic mass is 79.9. The first-order valence-corrected chi connectivity index (χ1v) is 11.1. The molecule has 0 heterocycles.